The van der Waals surface area contributed by atoms with Crippen LogP contribution < -0.4 is 28.5 Å². The van der Waals surface area contributed by atoms with Crippen molar-refractivity contribution >= 4 is 10.9 Å². The van der Waals surface area contributed by atoms with Gasteiger partial charge in [0.2, 0.25) is 0 Å². The summed E-state index contributed by atoms with van der Waals surface area (Å²) in [6.45, 7) is 2.09. The van der Waals surface area contributed by atoms with Gasteiger partial charge in [0.05, 0.1) is 11.2 Å². The molecule has 2 aromatic carbocycles. The van der Waals surface area contributed by atoms with Crippen LogP contribution in [0.25, 0.3) is 27.7 Å². The SMILES string of the molecule is Cc1ccc2c(c1)c(-c1ccc(F)cc1)cn2-c1cc[n+](C)cc1.[I-]. The van der Waals surface area contributed by atoms with E-state index in [1.54, 1.807) is 0 Å². The summed E-state index contributed by atoms with van der Waals surface area (Å²) in [4.78, 5) is 0. The third-order valence-corrected chi connectivity index (χ3v) is 4.35. The number of hydrogen-bond donors (Lipinski definition) is 0. The Morgan fingerprint density at radius 1 is 0.920 bits per heavy atom. The molecule has 0 aliphatic rings. The molecule has 2 heterocycles. The van der Waals surface area contributed by atoms with E-state index >= 15 is 0 Å². The molecule has 0 saturated carbocycles. The number of rotatable bonds is 2. The van der Waals surface area contributed by atoms with E-state index in [1.165, 1.54) is 23.1 Å². The molecule has 0 N–H and O–H groups in total. The van der Waals surface area contributed by atoms with Crippen LogP contribution in [0.5, 0.6) is 0 Å². The predicted octanol–water partition coefficient (Wildman–Crippen LogP) is 1.57. The Balaban J connectivity index is 0.00000182. The van der Waals surface area contributed by atoms with Gasteiger partial charge in [-0.3, -0.25) is 0 Å². The molecule has 0 radical (unpaired) electrons. The van der Waals surface area contributed by atoms with Crippen molar-refractivity contribution in [3.05, 3.63) is 84.6 Å². The van der Waals surface area contributed by atoms with Crippen LogP contribution in [0.1, 0.15) is 5.56 Å². The Bertz CT molecular complexity index is 1020. The fourth-order valence-electron chi connectivity index (χ4n) is 3.07. The van der Waals surface area contributed by atoms with Gasteiger partial charge in [0, 0.05) is 29.3 Å². The average molecular weight is 444 g/mol. The van der Waals surface area contributed by atoms with Crippen molar-refractivity contribution in [3.8, 4) is 16.8 Å². The average Bonchev–Trinajstić information content (AvgIpc) is 2.95. The van der Waals surface area contributed by atoms with E-state index in [9.17, 15) is 4.39 Å². The minimum absolute atomic E-state index is 0. The standard InChI is InChI=1S/C21H18FN2.HI/c1-15-3-8-21-19(13-15)20(16-4-6-17(22)7-5-16)14-24(21)18-9-11-23(2)12-10-18;/h3-14H,1-2H3;1H/q+1;/p-1. The molecule has 0 amide bonds. The van der Waals surface area contributed by atoms with Crippen LogP contribution in [0.15, 0.2) is 73.2 Å². The van der Waals surface area contributed by atoms with Crippen LogP contribution in [0, 0.1) is 12.7 Å². The Morgan fingerprint density at radius 2 is 1.60 bits per heavy atom. The molecular formula is C21H18FIN2. The molecule has 0 unspecified atom stereocenters. The van der Waals surface area contributed by atoms with Crippen molar-refractivity contribution < 1.29 is 32.9 Å². The molecule has 0 aliphatic heterocycles. The number of hydrogen-bond acceptors (Lipinski definition) is 0. The number of aryl methyl sites for hydroxylation is 2. The van der Waals surface area contributed by atoms with Crippen LogP contribution in [0.3, 0.4) is 0 Å². The van der Waals surface area contributed by atoms with E-state index < -0.39 is 0 Å². The fourth-order valence-corrected chi connectivity index (χ4v) is 3.07. The smallest absolute Gasteiger partial charge is 0.170 e. The van der Waals surface area contributed by atoms with Gasteiger partial charge in [-0.1, -0.05) is 23.8 Å². The molecule has 4 aromatic rings. The lowest BCUT2D eigenvalue weighted by molar-refractivity contribution is -0.671. The summed E-state index contributed by atoms with van der Waals surface area (Å²) in [5.74, 6) is -0.214. The topological polar surface area (TPSA) is 8.81 Å². The summed E-state index contributed by atoms with van der Waals surface area (Å²) in [5, 5.41) is 1.18. The highest BCUT2D eigenvalue weighted by atomic mass is 127. The van der Waals surface area contributed by atoms with E-state index in [0.717, 1.165) is 22.3 Å². The first kappa shape index (κ1) is 17.6. The van der Waals surface area contributed by atoms with Crippen LogP contribution >= 0.6 is 0 Å². The Morgan fingerprint density at radius 3 is 2.28 bits per heavy atom. The zero-order chi connectivity index (χ0) is 16.7. The number of fused-ring (bicyclic) bond motifs is 1. The molecule has 2 aromatic heterocycles. The number of halogens is 2. The van der Waals surface area contributed by atoms with E-state index in [-0.39, 0.29) is 29.8 Å². The van der Waals surface area contributed by atoms with E-state index in [1.807, 2.05) is 36.1 Å². The maximum atomic E-state index is 13.3. The monoisotopic (exact) mass is 444 g/mol. The predicted molar refractivity (Wildman–Crippen MR) is 94.6 cm³/mol. The number of benzene rings is 2. The van der Waals surface area contributed by atoms with Gasteiger partial charge in [0.1, 0.15) is 12.9 Å². The quantitative estimate of drug-likeness (QED) is 0.328. The van der Waals surface area contributed by atoms with Gasteiger partial charge in [-0.25, -0.2) is 8.96 Å². The summed E-state index contributed by atoms with van der Waals surface area (Å²) >= 11 is 0. The number of aromatic nitrogens is 2. The van der Waals surface area contributed by atoms with Crippen LogP contribution in [0.4, 0.5) is 4.39 Å². The molecule has 4 heteroatoms. The van der Waals surface area contributed by atoms with Crippen molar-refractivity contribution in [1.29, 1.82) is 0 Å². The lowest BCUT2D eigenvalue weighted by atomic mass is 10.0. The van der Waals surface area contributed by atoms with Crippen molar-refractivity contribution in [3.63, 3.8) is 0 Å². The molecule has 0 saturated heterocycles. The second kappa shape index (κ2) is 6.96. The maximum Gasteiger partial charge on any atom is 0.170 e. The largest absolute Gasteiger partial charge is 1.00 e. The molecule has 0 fully saturated rings. The second-order valence-corrected chi connectivity index (χ2v) is 6.16. The van der Waals surface area contributed by atoms with Crippen molar-refractivity contribution in [2.75, 3.05) is 0 Å². The van der Waals surface area contributed by atoms with Crippen LogP contribution in [-0.2, 0) is 7.05 Å². The lowest BCUT2D eigenvalue weighted by Gasteiger charge is -2.04. The third-order valence-electron chi connectivity index (χ3n) is 4.35. The maximum absolute atomic E-state index is 13.3. The zero-order valence-electron chi connectivity index (χ0n) is 14.1. The minimum atomic E-state index is -0.214. The van der Waals surface area contributed by atoms with Crippen molar-refractivity contribution in [2.45, 2.75) is 6.92 Å². The Labute approximate surface area is 163 Å². The summed E-state index contributed by atoms with van der Waals surface area (Å²) in [5.41, 5.74) is 5.60. The lowest BCUT2D eigenvalue weighted by Crippen LogP contribution is -3.00. The molecule has 0 aliphatic carbocycles. The van der Waals surface area contributed by atoms with Gasteiger partial charge in [-0.15, -0.1) is 0 Å². The van der Waals surface area contributed by atoms with E-state index in [0.29, 0.717) is 0 Å². The van der Waals surface area contributed by atoms with Gasteiger partial charge in [0.15, 0.2) is 12.4 Å². The summed E-state index contributed by atoms with van der Waals surface area (Å²) < 4.78 is 17.5. The number of nitrogens with zero attached hydrogens (tertiary/aromatic N) is 2. The first-order valence-corrected chi connectivity index (χ1v) is 7.95. The normalized spacial score (nSPS) is 10.7. The number of pyridine rings is 1. The highest BCUT2D eigenvalue weighted by Crippen LogP contribution is 2.33. The van der Waals surface area contributed by atoms with Gasteiger partial charge >= 0.3 is 0 Å². The summed E-state index contributed by atoms with van der Waals surface area (Å²) in [6, 6.07) is 17.3. The molecule has 0 spiro atoms. The van der Waals surface area contributed by atoms with E-state index in [2.05, 4.69) is 48.0 Å². The summed E-state index contributed by atoms with van der Waals surface area (Å²) in [6.07, 6.45) is 6.20. The fraction of sp³-hybridized carbons (Fsp3) is 0.0952. The second-order valence-electron chi connectivity index (χ2n) is 6.16. The minimum Gasteiger partial charge on any atom is -1.00 e. The van der Waals surface area contributed by atoms with Crippen LogP contribution in [-0.4, -0.2) is 4.57 Å². The first-order valence-electron chi connectivity index (χ1n) is 7.95. The molecule has 25 heavy (non-hydrogen) atoms. The van der Waals surface area contributed by atoms with Gasteiger partial charge in [-0.05, 0) is 36.8 Å². The molecule has 4 rings (SSSR count). The van der Waals surface area contributed by atoms with Crippen LogP contribution in [0.2, 0.25) is 0 Å². The van der Waals surface area contributed by atoms with Crippen molar-refractivity contribution in [1.82, 2.24) is 4.57 Å². The molecule has 2 nitrogen and oxygen atoms in total. The molecule has 0 atom stereocenters. The Kier molecular flexibility index (Phi) is 4.90. The van der Waals surface area contributed by atoms with Gasteiger partial charge in [0.25, 0.3) is 0 Å². The first-order chi connectivity index (χ1) is 11.6. The third kappa shape index (κ3) is 3.31. The molecular weight excluding hydrogens is 426 g/mol. The molecule has 0 bridgehead atoms. The highest BCUT2D eigenvalue weighted by molar-refractivity contribution is 5.97. The molecule has 126 valence electrons. The van der Waals surface area contributed by atoms with E-state index in [4.69, 9.17) is 0 Å². The highest BCUT2D eigenvalue weighted by Gasteiger charge is 2.12. The van der Waals surface area contributed by atoms with Gasteiger partial charge < -0.3 is 28.5 Å². The Hall–Kier alpha value is -2.21. The summed E-state index contributed by atoms with van der Waals surface area (Å²) in [7, 11) is 2.00. The van der Waals surface area contributed by atoms with Crippen molar-refractivity contribution in [2.24, 2.45) is 7.05 Å². The van der Waals surface area contributed by atoms with Gasteiger partial charge in [-0.2, -0.15) is 0 Å². The zero-order valence-corrected chi connectivity index (χ0v) is 16.2.